The van der Waals surface area contributed by atoms with Gasteiger partial charge in [0.25, 0.3) is 0 Å². The number of ether oxygens (including phenoxy) is 3. The Morgan fingerprint density at radius 3 is 2.59 bits per heavy atom. The molecule has 0 spiro atoms. The highest BCUT2D eigenvalue weighted by Crippen LogP contribution is 2.52. The highest BCUT2D eigenvalue weighted by atomic mass is 19.1. The van der Waals surface area contributed by atoms with E-state index in [0.717, 1.165) is 33.7 Å². The SMILES string of the molecule is COc1cccc([C@@H]2Oc3ccccc3C3=C2[C@@H](c2ccc(F)cc2)n2ncnc2N3)c1OC. The van der Waals surface area contributed by atoms with Crippen LogP contribution >= 0.6 is 0 Å². The third-order valence-corrected chi connectivity index (χ3v) is 6.22. The lowest BCUT2D eigenvalue weighted by Gasteiger charge is -2.39. The summed E-state index contributed by atoms with van der Waals surface area (Å²) in [6.07, 6.45) is 0.973. The third kappa shape index (κ3) is 3.02. The topological polar surface area (TPSA) is 70.4 Å². The number of aromatic nitrogens is 3. The molecule has 170 valence electrons. The molecule has 0 radical (unpaired) electrons. The normalized spacial score (nSPS) is 18.2. The third-order valence-electron chi connectivity index (χ3n) is 6.22. The van der Waals surface area contributed by atoms with Crippen LogP contribution in [0.5, 0.6) is 17.2 Å². The molecule has 6 rings (SSSR count). The fourth-order valence-electron chi connectivity index (χ4n) is 4.76. The summed E-state index contributed by atoms with van der Waals surface area (Å²) < 4.78 is 33.6. The number of hydrogen-bond acceptors (Lipinski definition) is 6. The van der Waals surface area contributed by atoms with E-state index in [1.165, 1.54) is 18.5 Å². The number of anilines is 1. The van der Waals surface area contributed by atoms with Gasteiger partial charge in [0.1, 0.15) is 23.9 Å². The van der Waals surface area contributed by atoms with Gasteiger partial charge in [-0.05, 0) is 35.9 Å². The molecule has 2 atom stereocenters. The monoisotopic (exact) mass is 456 g/mol. The Bertz CT molecular complexity index is 1410. The van der Waals surface area contributed by atoms with Gasteiger partial charge in [-0.25, -0.2) is 9.07 Å². The van der Waals surface area contributed by atoms with Crippen LogP contribution in [0.2, 0.25) is 0 Å². The fraction of sp³-hybridized carbons (Fsp3) is 0.154. The van der Waals surface area contributed by atoms with Gasteiger partial charge in [0.2, 0.25) is 5.95 Å². The number of hydrogen-bond donors (Lipinski definition) is 1. The Morgan fingerprint density at radius 2 is 1.79 bits per heavy atom. The number of para-hydroxylation sites is 2. The van der Waals surface area contributed by atoms with Gasteiger partial charge in [-0.15, -0.1) is 0 Å². The molecule has 2 aliphatic rings. The van der Waals surface area contributed by atoms with E-state index in [4.69, 9.17) is 14.2 Å². The summed E-state index contributed by atoms with van der Waals surface area (Å²) in [5, 5.41) is 7.95. The summed E-state index contributed by atoms with van der Waals surface area (Å²) in [5.74, 6) is 2.22. The lowest BCUT2D eigenvalue weighted by molar-refractivity contribution is 0.216. The van der Waals surface area contributed by atoms with Gasteiger partial charge >= 0.3 is 0 Å². The van der Waals surface area contributed by atoms with E-state index in [1.54, 1.807) is 31.0 Å². The molecule has 1 N–H and O–H groups in total. The van der Waals surface area contributed by atoms with Crippen LogP contribution in [0.3, 0.4) is 0 Å². The van der Waals surface area contributed by atoms with Crippen LogP contribution < -0.4 is 19.5 Å². The average Bonchev–Trinajstić information content (AvgIpc) is 3.35. The molecule has 3 aromatic carbocycles. The summed E-state index contributed by atoms with van der Waals surface area (Å²) in [5.41, 5.74) is 4.37. The van der Waals surface area contributed by atoms with E-state index in [-0.39, 0.29) is 11.9 Å². The average molecular weight is 456 g/mol. The smallest absolute Gasteiger partial charge is 0.226 e. The van der Waals surface area contributed by atoms with Crippen molar-refractivity contribution in [1.82, 2.24) is 14.8 Å². The molecule has 0 unspecified atom stereocenters. The lowest BCUT2D eigenvalue weighted by Crippen LogP contribution is -2.32. The molecule has 0 amide bonds. The zero-order chi connectivity index (χ0) is 23.2. The predicted molar refractivity (Wildman–Crippen MR) is 124 cm³/mol. The molecular formula is C26H21FN4O3. The number of halogens is 1. The van der Waals surface area contributed by atoms with Crippen LogP contribution in [0.1, 0.15) is 28.8 Å². The summed E-state index contributed by atoms with van der Waals surface area (Å²) in [7, 11) is 3.22. The van der Waals surface area contributed by atoms with Gasteiger partial charge in [-0.1, -0.05) is 36.4 Å². The number of benzene rings is 3. The maximum atomic E-state index is 13.8. The van der Waals surface area contributed by atoms with Gasteiger partial charge in [0, 0.05) is 16.7 Å². The van der Waals surface area contributed by atoms with E-state index in [9.17, 15) is 4.39 Å². The zero-order valence-electron chi connectivity index (χ0n) is 18.5. The Kier molecular flexibility index (Phi) is 4.72. The van der Waals surface area contributed by atoms with Crippen LogP contribution in [-0.4, -0.2) is 29.0 Å². The lowest BCUT2D eigenvalue weighted by atomic mass is 9.84. The van der Waals surface area contributed by atoms with Crippen LogP contribution in [0, 0.1) is 5.82 Å². The van der Waals surface area contributed by atoms with Gasteiger partial charge in [0.05, 0.1) is 19.9 Å². The van der Waals surface area contributed by atoms with Crippen molar-refractivity contribution in [3.63, 3.8) is 0 Å². The van der Waals surface area contributed by atoms with Gasteiger partial charge in [-0.3, -0.25) is 0 Å². The first-order valence-corrected chi connectivity index (χ1v) is 10.8. The standard InChI is InChI=1S/C26H21FN4O3/c1-32-20-9-5-7-18(24(20)33-2)25-21-22(17-6-3-4-8-19(17)34-25)30-26-28-14-29-31(26)23(21)15-10-12-16(27)13-11-15/h3-14,23,25H,1-2H3,(H,28,29,30)/t23-,25+/m1/s1. The van der Waals surface area contributed by atoms with Crippen molar-refractivity contribution in [3.8, 4) is 17.2 Å². The van der Waals surface area contributed by atoms with Crippen molar-refractivity contribution in [1.29, 1.82) is 0 Å². The van der Waals surface area contributed by atoms with E-state index < -0.39 is 6.10 Å². The fourth-order valence-corrected chi connectivity index (χ4v) is 4.76. The summed E-state index contributed by atoms with van der Waals surface area (Å²) >= 11 is 0. The maximum Gasteiger partial charge on any atom is 0.226 e. The van der Waals surface area contributed by atoms with Gasteiger partial charge < -0.3 is 19.5 Å². The number of fused-ring (bicyclic) bond motifs is 3. The zero-order valence-corrected chi connectivity index (χ0v) is 18.5. The molecule has 1 aromatic heterocycles. The van der Waals surface area contributed by atoms with E-state index in [2.05, 4.69) is 15.4 Å². The van der Waals surface area contributed by atoms with Crippen LogP contribution in [0.15, 0.2) is 78.6 Å². The second kappa shape index (κ2) is 7.91. The van der Waals surface area contributed by atoms with Crippen molar-refractivity contribution >= 4 is 11.6 Å². The van der Waals surface area contributed by atoms with E-state index in [1.807, 2.05) is 42.5 Å². The Labute approximate surface area is 195 Å². The van der Waals surface area contributed by atoms with Crippen molar-refractivity contribution < 1.29 is 18.6 Å². The van der Waals surface area contributed by atoms with Gasteiger partial charge in [0.15, 0.2) is 17.6 Å². The maximum absolute atomic E-state index is 13.8. The van der Waals surface area contributed by atoms with Crippen LogP contribution in [0.25, 0.3) is 5.70 Å². The molecule has 3 heterocycles. The van der Waals surface area contributed by atoms with Gasteiger partial charge in [-0.2, -0.15) is 10.1 Å². The number of methoxy groups -OCH3 is 2. The molecule has 2 aliphatic heterocycles. The number of rotatable bonds is 4. The summed E-state index contributed by atoms with van der Waals surface area (Å²) in [6, 6.07) is 19.6. The Morgan fingerprint density at radius 1 is 0.971 bits per heavy atom. The van der Waals surface area contributed by atoms with Crippen molar-refractivity contribution in [2.24, 2.45) is 0 Å². The second-order valence-corrected chi connectivity index (χ2v) is 8.01. The second-order valence-electron chi connectivity index (χ2n) is 8.01. The van der Waals surface area contributed by atoms with Crippen LogP contribution in [0.4, 0.5) is 10.3 Å². The minimum atomic E-state index is -0.533. The summed E-state index contributed by atoms with van der Waals surface area (Å²) in [4.78, 5) is 4.42. The summed E-state index contributed by atoms with van der Waals surface area (Å²) in [6.45, 7) is 0. The van der Waals surface area contributed by atoms with Crippen molar-refractivity contribution in [2.45, 2.75) is 12.1 Å². The quantitative estimate of drug-likeness (QED) is 0.466. The minimum Gasteiger partial charge on any atom is -0.493 e. The molecule has 0 aliphatic carbocycles. The number of nitrogens with one attached hydrogen (secondary N) is 1. The molecule has 0 fully saturated rings. The highest BCUT2D eigenvalue weighted by molar-refractivity contribution is 5.85. The molecular weight excluding hydrogens is 435 g/mol. The number of nitrogens with zero attached hydrogens (tertiary/aromatic N) is 3. The van der Waals surface area contributed by atoms with E-state index in [0.29, 0.717) is 17.4 Å². The largest absolute Gasteiger partial charge is 0.493 e. The molecule has 34 heavy (non-hydrogen) atoms. The molecule has 7 nitrogen and oxygen atoms in total. The van der Waals surface area contributed by atoms with Crippen molar-refractivity contribution in [3.05, 3.63) is 101 Å². The van der Waals surface area contributed by atoms with Crippen molar-refractivity contribution in [2.75, 3.05) is 19.5 Å². The first kappa shape index (κ1) is 20.3. The van der Waals surface area contributed by atoms with Crippen LogP contribution in [-0.2, 0) is 0 Å². The predicted octanol–water partition coefficient (Wildman–Crippen LogP) is 4.99. The molecule has 0 saturated heterocycles. The highest BCUT2D eigenvalue weighted by Gasteiger charge is 2.42. The van der Waals surface area contributed by atoms with E-state index >= 15 is 0 Å². The molecule has 4 aromatic rings. The first-order chi connectivity index (χ1) is 16.7. The Hall–Kier alpha value is -4.33. The molecule has 0 bridgehead atoms. The first-order valence-electron chi connectivity index (χ1n) is 10.8. The molecule has 8 heteroatoms. The Balaban J connectivity index is 1.64. The minimum absolute atomic E-state index is 0.304. The molecule has 0 saturated carbocycles.